The number of benzene rings is 1. The molecule has 0 aliphatic carbocycles. The van der Waals surface area contributed by atoms with E-state index in [2.05, 4.69) is 5.32 Å². The van der Waals surface area contributed by atoms with Crippen molar-refractivity contribution >= 4 is 22.2 Å². The third-order valence-corrected chi connectivity index (χ3v) is 3.96. The van der Waals surface area contributed by atoms with Crippen LogP contribution in [0.15, 0.2) is 30.3 Å². The van der Waals surface area contributed by atoms with Crippen LogP contribution in [-0.4, -0.2) is 25.1 Å². The second-order valence-electron chi connectivity index (χ2n) is 4.26. The molecule has 0 bridgehead atoms. The Kier molecular flexibility index (Phi) is 4.95. The second kappa shape index (κ2) is 6.90. The molecule has 0 spiro atoms. The summed E-state index contributed by atoms with van der Waals surface area (Å²) < 4.78 is 10.3. The second-order valence-corrected chi connectivity index (χ2v) is 5.32. The van der Waals surface area contributed by atoms with Crippen LogP contribution in [0.4, 0.5) is 5.00 Å². The average molecular weight is 322 g/mol. The fourth-order valence-corrected chi connectivity index (χ4v) is 2.55. The standard InChI is InChI=1S/C14H14N2O5S/c1-20-10-4-3-9(11(7-10)21-2)8-15-14(17)12-5-6-13(22-12)16(18)19/h3-7H,8H2,1-2H3,(H,15,17). The fraction of sp³-hybridized carbons (Fsp3) is 0.214. The first-order valence-corrected chi connectivity index (χ1v) is 7.10. The van der Waals surface area contributed by atoms with Crippen molar-refractivity contribution < 1.29 is 19.2 Å². The van der Waals surface area contributed by atoms with Crippen LogP contribution in [0.2, 0.25) is 0 Å². The van der Waals surface area contributed by atoms with Gasteiger partial charge in [-0.1, -0.05) is 11.3 Å². The zero-order valence-electron chi connectivity index (χ0n) is 12.0. The lowest BCUT2D eigenvalue weighted by Crippen LogP contribution is -2.22. The molecule has 2 aromatic rings. The molecule has 116 valence electrons. The Hall–Kier alpha value is -2.61. The normalized spacial score (nSPS) is 10.1. The summed E-state index contributed by atoms with van der Waals surface area (Å²) in [5, 5.41) is 13.3. The molecule has 0 fully saturated rings. The maximum absolute atomic E-state index is 12.0. The summed E-state index contributed by atoms with van der Waals surface area (Å²) in [5.74, 6) is 0.883. The predicted octanol–water partition coefficient (Wildman–Crippen LogP) is 2.60. The first-order chi connectivity index (χ1) is 10.5. The lowest BCUT2D eigenvalue weighted by Gasteiger charge is -2.10. The van der Waals surface area contributed by atoms with Gasteiger partial charge in [-0.2, -0.15) is 0 Å². The van der Waals surface area contributed by atoms with E-state index in [1.54, 1.807) is 25.3 Å². The summed E-state index contributed by atoms with van der Waals surface area (Å²) >= 11 is 0.838. The van der Waals surface area contributed by atoms with Gasteiger partial charge in [0.05, 0.1) is 24.0 Å². The number of methoxy groups -OCH3 is 2. The van der Waals surface area contributed by atoms with E-state index in [9.17, 15) is 14.9 Å². The maximum Gasteiger partial charge on any atom is 0.324 e. The summed E-state index contributed by atoms with van der Waals surface area (Å²) in [4.78, 5) is 22.4. The molecule has 0 saturated carbocycles. The van der Waals surface area contributed by atoms with Crippen LogP contribution in [0, 0.1) is 10.1 Å². The number of thiophene rings is 1. The molecule has 1 N–H and O–H groups in total. The van der Waals surface area contributed by atoms with E-state index >= 15 is 0 Å². The monoisotopic (exact) mass is 322 g/mol. The summed E-state index contributed by atoms with van der Waals surface area (Å²) in [6.45, 7) is 0.248. The molecule has 1 aromatic heterocycles. The van der Waals surface area contributed by atoms with Gasteiger partial charge in [0, 0.05) is 24.2 Å². The first-order valence-electron chi connectivity index (χ1n) is 6.28. The Balaban J connectivity index is 2.05. The minimum Gasteiger partial charge on any atom is -0.497 e. The third-order valence-electron chi connectivity index (χ3n) is 2.93. The van der Waals surface area contributed by atoms with Crippen molar-refractivity contribution in [1.82, 2.24) is 5.32 Å². The highest BCUT2D eigenvalue weighted by Gasteiger charge is 2.15. The molecular weight excluding hydrogens is 308 g/mol. The van der Waals surface area contributed by atoms with E-state index in [1.165, 1.54) is 19.2 Å². The largest absolute Gasteiger partial charge is 0.497 e. The molecule has 22 heavy (non-hydrogen) atoms. The minimum atomic E-state index is -0.520. The molecule has 8 heteroatoms. The Morgan fingerprint density at radius 3 is 2.64 bits per heavy atom. The molecule has 0 radical (unpaired) electrons. The van der Waals surface area contributed by atoms with Gasteiger partial charge in [-0.05, 0) is 18.2 Å². The molecule has 7 nitrogen and oxygen atoms in total. The van der Waals surface area contributed by atoms with Gasteiger partial charge in [-0.15, -0.1) is 0 Å². The Morgan fingerprint density at radius 2 is 2.05 bits per heavy atom. The number of hydrogen-bond acceptors (Lipinski definition) is 6. The van der Waals surface area contributed by atoms with E-state index in [0.717, 1.165) is 16.9 Å². The number of carbonyl (C=O) groups excluding carboxylic acids is 1. The number of nitro groups is 1. The van der Waals surface area contributed by atoms with E-state index < -0.39 is 4.92 Å². The van der Waals surface area contributed by atoms with Gasteiger partial charge in [0.1, 0.15) is 11.5 Å². The highest BCUT2D eigenvalue weighted by molar-refractivity contribution is 7.17. The van der Waals surface area contributed by atoms with Crippen molar-refractivity contribution in [3.05, 3.63) is 50.9 Å². The topological polar surface area (TPSA) is 90.7 Å². The summed E-state index contributed by atoms with van der Waals surface area (Å²) in [7, 11) is 3.09. The SMILES string of the molecule is COc1ccc(CNC(=O)c2ccc([N+](=O)[O-])s2)c(OC)c1. The number of amides is 1. The number of ether oxygens (including phenoxy) is 2. The van der Waals surface area contributed by atoms with E-state index in [0.29, 0.717) is 16.4 Å². The quantitative estimate of drug-likeness (QED) is 0.652. The smallest absolute Gasteiger partial charge is 0.324 e. The summed E-state index contributed by atoms with van der Waals surface area (Å²) in [6, 6.07) is 8.02. The zero-order chi connectivity index (χ0) is 16.1. The maximum atomic E-state index is 12.0. The van der Waals surface area contributed by atoms with Gasteiger partial charge >= 0.3 is 5.00 Å². The van der Waals surface area contributed by atoms with Gasteiger partial charge in [0.2, 0.25) is 0 Å². The number of nitrogens with zero attached hydrogens (tertiary/aromatic N) is 1. The highest BCUT2D eigenvalue weighted by atomic mass is 32.1. The van der Waals surface area contributed by atoms with Crippen molar-refractivity contribution in [2.24, 2.45) is 0 Å². The van der Waals surface area contributed by atoms with Gasteiger partial charge in [-0.25, -0.2) is 0 Å². The van der Waals surface area contributed by atoms with Crippen LogP contribution < -0.4 is 14.8 Å². The zero-order valence-corrected chi connectivity index (χ0v) is 12.8. The van der Waals surface area contributed by atoms with Crippen LogP contribution >= 0.6 is 11.3 Å². The lowest BCUT2D eigenvalue weighted by atomic mass is 10.2. The van der Waals surface area contributed by atoms with Gasteiger partial charge < -0.3 is 14.8 Å². The molecule has 0 atom stereocenters. The predicted molar refractivity (Wildman–Crippen MR) is 81.7 cm³/mol. The number of rotatable bonds is 6. The molecule has 1 amide bonds. The van der Waals surface area contributed by atoms with Gasteiger partial charge in [-0.3, -0.25) is 14.9 Å². The van der Waals surface area contributed by atoms with Crippen molar-refractivity contribution in [1.29, 1.82) is 0 Å². The average Bonchev–Trinajstić information content (AvgIpc) is 3.02. The molecule has 1 heterocycles. The van der Waals surface area contributed by atoms with Crippen LogP contribution in [-0.2, 0) is 6.54 Å². The number of carbonyl (C=O) groups is 1. The van der Waals surface area contributed by atoms with Crippen LogP contribution in [0.3, 0.4) is 0 Å². The van der Waals surface area contributed by atoms with Gasteiger partial charge in [0.15, 0.2) is 0 Å². The molecule has 2 rings (SSSR count). The van der Waals surface area contributed by atoms with E-state index in [4.69, 9.17) is 9.47 Å². The van der Waals surface area contributed by atoms with Gasteiger partial charge in [0.25, 0.3) is 5.91 Å². The van der Waals surface area contributed by atoms with Crippen molar-refractivity contribution in [3.8, 4) is 11.5 Å². The first kappa shape index (κ1) is 15.8. The van der Waals surface area contributed by atoms with Crippen molar-refractivity contribution in [3.63, 3.8) is 0 Å². The molecule has 0 aliphatic heterocycles. The fourth-order valence-electron chi connectivity index (χ4n) is 1.81. The molecule has 0 unspecified atom stereocenters. The van der Waals surface area contributed by atoms with Crippen LogP contribution in [0.1, 0.15) is 15.2 Å². The van der Waals surface area contributed by atoms with Crippen molar-refractivity contribution in [2.75, 3.05) is 14.2 Å². The summed E-state index contributed by atoms with van der Waals surface area (Å²) in [5.41, 5.74) is 0.780. The molecule has 0 saturated heterocycles. The van der Waals surface area contributed by atoms with Crippen LogP contribution in [0.25, 0.3) is 0 Å². The molecule has 1 aromatic carbocycles. The Morgan fingerprint density at radius 1 is 1.27 bits per heavy atom. The Labute approximate surface area is 130 Å². The van der Waals surface area contributed by atoms with Crippen LogP contribution in [0.5, 0.6) is 11.5 Å². The molecule has 0 aliphatic rings. The third kappa shape index (κ3) is 3.53. The summed E-state index contributed by atoms with van der Waals surface area (Å²) in [6.07, 6.45) is 0. The van der Waals surface area contributed by atoms with E-state index in [1.807, 2.05) is 0 Å². The minimum absolute atomic E-state index is 0.0628. The number of hydrogen-bond donors (Lipinski definition) is 1. The number of nitrogens with one attached hydrogen (secondary N) is 1. The lowest BCUT2D eigenvalue weighted by molar-refractivity contribution is -0.380. The Bertz CT molecular complexity index is 698. The van der Waals surface area contributed by atoms with E-state index in [-0.39, 0.29) is 17.5 Å². The van der Waals surface area contributed by atoms with Crippen molar-refractivity contribution in [2.45, 2.75) is 6.54 Å². The molecular formula is C14H14N2O5S. The highest BCUT2D eigenvalue weighted by Crippen LogP contribution is 2.26.